The first-order valence-corrected chi connectivity index (χ1v) is 5.75. The molecule has 2 rings (SSSR count). The number of rotatable bonds is 3. The van der Waals surface area contributed by atoms with Crippen molar-refractivity contribution >= 4 is 0 Å². The molecular formula is C14H17N3. The Morgan fingerprint density at radius 3 is 2.41 bits per heavy atom. The van der Waals surface area contributed by atoms with E-state index in [1.165, 1.54) is 11.1 Å². The largest absolute Gasteiger partial charge is 0.321 e. The van der Waals surface area contributed by atoms with Crippen LogP contribution in [0, 0.1) is 13.8 Å². The second-order valence-electron chi connectivity index (χ2n) is 4.36. The van der Waals surface area contributed by atoms with E-state index in [1.54, 1.807) is 12.4 Å². The van der Waals surface area contributed by atoms with Crippen LogP contribution in [0.25, 0.3) is 0 Å². The van der Waals surface area contributed by atoms with Crippen molar-refractivity contribution in [1.29, 1.82) is 0 Å². The summed E-state index contributed by atoms with van der Waals surface area (Å²) in [5.41, 5.74) is 9.69. The van der Waals surface area contributed by atoms with Crippen molar-refractivity contribution in [3.8, 4) is 0 Å². The molecule has 1 unspecified atom stereocenters. The van der Waals surface area contributed by atoms with Crippen LogP contribution in [-0.4, -0.2) is 9.97 Å². The molecule has 3 nitrogen and oxygen atoms in total. The Balaban J connectivity index is 2.14. The van der Waals surface area contributed by atoms with Gasteiger partial charge >= 0.3 is 0 Å². The molecule has 88 valence electrons. The van der Waals surface area contributed by atoms with Gasteiger partial charge in [-0.1, -0.05) is 24.3 Å². The fourth-order valence-electron chi connectivity index (χ4n) is 1.76. The molecule has 0 radical (unpaired) electrons. The van der Waals surface area contributed by atoms with Gasteiger partial charge in [0.2, 0.25) is 0 Å². The summed E-state index contributed by atoms with van der Waals surface area (Å²) in [5.74, 6) is 0.707. The number of hydrogen-bond donors (Lipinski definition) is 1. The highest BCUT2D eigenvalue weighted by molar-refractivity contribution is 5.27. The van der Waals surface area contributed by atoms with E-state index in [0.29, 0.717) is 5.82 Å². The SMILES string of the molecule is Cc1cnc(C(N)Cc2ccccc2C)nc1. The molecule has 0 amide bonds. The molecule has 0 saturated heterocycles. The maximum absolute atomic E-state index is 6.12. The highest BCUT2D eigenvalue weighted by Crippen LogP contribution is 2.15. The molecule has 1 aromatic carbocycles. The van der Waals surface area contributed by atoms with Gasteiger partial charge in [-0.25, -0.2) is 9.97 Å². The van der Waals surface area contributed by atoms with Gasteiger partial charge in [0.05, 0.1) is 6.04 Å². The summed E-state index contributed by atoms with van der Waals surface area (Å²) in [4.78, 5) is 8.54. The van der Waals surface area contributed by atoms with E-state index in [0.717, 1.165) is 12.0 Å². The molecule has 2 N–H and O–H groups in total. The monoisotopic (exact) mass is 227 g/mol. The van der Waals surface area contributed by atoms with Crippen molar-refractivity contribution in [3.05, 3.63) is 59.2 Å². The summed E-state index contributed by atoms with van der Waals surface area (Å²) >= 11 is 0. The van der Waals surface area contributed by atoms with Crippen molar-refractivity contribution in [2.45, 2.75) is 26.3 Å². The van der Waals surface area contributed by atoms with Crippen LogP contribution < -0.4 is 5.73 Å². The third-order valence-electron chi connectivity index (χ3n) is 2.83. The zero-order valence-electron chi connectivity index (χ0n) is 10.2. The van der Waals surface area contributed by atoms with Gasteiger partial charge in [0.15, 0.2) is 0 Å². The Bertz CT molecular complexity index is 491. The molecular weight excluding hydrogens is 210 g/mol. The van der Waals surface area contributed by atoms with Crippen molar-refractivity contribution < 1.29 is 0 Å². The molecule has 0 bridgehead atoms. The summed E-state index contributed by atoms with van der Waals surface area (Å²) in [7, 11) is 0. The first kappa shape index (κ1) is 11.7. The van der Waals surface area contributed by atoms with Crippen molar-refractivity contribution in [2.75, 3.05) is 0 Å². The second-order valence-corrected chi connectivity index (χ2v) is 4.36. The average molecular weight is 227 g/mol. The molecule has 0 spiro atoms. The van der Waals surface area contributed by atoms with E-state index in [1.807, 2.05) is 19.1 Å². The fraction of sp³-hybridized carbons (Fsp3) is 0.286. The Hall–Kier alpha value is -1.74. The first-order chi connectivity index (χ1) is 8.16. The lowest BCUT2D eigenvalue weighted by molar-refractivity contribution is 0.663. The normalized spacial score (nSPS) is 12.4. The number of aromatic nitrogens is 2. The zero-order valence-corrected chi connectivity index (χ0v) is 10.2. The zero-order chi connectivity index (χ0) is 12.3. The molecule has 1 heterocycles. The standard InChI is InChI=1S/C14H17N3/c1-10-8-16-14(17-9-10)13(15)7-12-6-4-3-5-11(12)2/h3-6,8-9,13H,7,15H2,1-2H3. The van der Waals surface area contributed by atoms with Gasteiger partial charge in [0, 0.05) is 12.4 Å². The van der Waals surface area contributed by atoms with E-state index in [2.05, 4.69) is 29.0 Å². The summed E-state index contributed by atoms with van der Waals surface area (Å²) in [5, 5.41) is 0. The van der Waals surface area contributed by atoms with Crippen molar-refractivity contribution in [2.24, 2.45) is 5.73 Å². The van der Waals surface area contributed by atoms with Crippen LogP contribution in [-0.2, 0) is 6.42 Å². The minimum absolute atomic E-state index is 0.142. The topological polar surface area (TPSA) is 51.8 Å². The van der Waals surface area contributed by atoms with E-state index in [4.69, 9.17) is 5.73 Å². The van der Waals surface area contributed by atoms with Crippen molar-refractivity contribution in [1.82, 2.24) is 9.97 Å². The fourth-order valence-corrected chi connectivity index (χ4v) is 1.76. The highest BCUT2D eigenvalue weighted by Gasteiger charge is 2.10. The number of aryl methyl sites for hydroxylation is 2. The van der Waals surface area contributed by atoms with Gasteiger partial charge in [-0.3, -0.25) is 0 Å². The molecule has 0 aliphatic carbocycles. The maximum atomic E-state index is 6.12. The van der Waals surface area contributed by atoms with Crippen LogP contribution in [0.15, 0.2) is 36.7 Å². The second kappa shape index (κ2) is 5.06. The summed E-state index contributed by atoms with van der Waals surface area (Å²) in [6.45, 7) is 4.06. The highest BCUT2D eigenvalue weighted by atomic mass is 14.9. The predicted octanol–water partition coefficient (Wildman–Crippen LogP) is 2.34. The summed E-state index contributed by atoms with van der Waals surface area (Å²) in [6.07, 6.45) is 4.38. The third kappa shape index (κ3) is 2.88. The molecule has 0 aliphatic heterocycles. The quantitative estimate of drug-likeness (QED) is 0.875. The van der Waals surface area contributed by atoms with Gasteiger partial charge in [0.1, 0.15) is 5.82 Å². The van der Waals surface area contributed by atoms with Gasteiger partial charge in [-0.15, -0.1) is 0 Å². The lowest BCUT2D eigenvalue weighted by atomic mass is 10.0. The summed E-state index contributed by atoms with van der Waals surface area (Å²) < 4.78 is 0. The molecule has 3 heteroatoms. The lowest BCUT2D eigenvalue weighted by Crippen LogP contribution is -2.17. The molecule has 0 aliphatic rings. The first-order valence-electron chi connectivity index (χ1n) is 5.75. The van der Waals surface area contributed by atoms with Crippen LogP contribution in [0.5, 0.6) is 0 Å². The van der Waals surface area contributed by atoms with Crippen LogP contribution in [0.1, 0.15) is 28.6 Å². The third-order valence-corrected chi connectivity index (χ3v) is 2.83. The van der Waals surface area contributed by atoms with Crippen LogP contribution in [0.2, 0.25) is 0 Å². The van der Waals surface area contributed by atoms with Crippen LogP contribution >= 0.6 is 0 Å². The Kier molecular flexibility index (Phi) is 3.49. The van der Waals surface area contributed by atoms with Gasteiger partial charge in [0.25, 0.3) is 0 Å². The molecule has 1 aromatic heterocycles. The number of nitrogens with two attached hydrogens (primary N) is 1. The lowest BCUT2D eigenvalue weighted by Gasteiger charge is -2.12. The molecule has 1 atom stereocenters. The number of benzene rings is 1. The molecule has 0 saturated carbocycles. The number of hydrogen-bond acceptors (Lipinski definition) is 3. The van der Waals surface area contributed by atoms with E-state index < -0.39 is 0 Å². The summed E-state index contributed by atoms with van der Waals surface area (Å²) in [6, 6.07) is 8.12. The minimum Gasteiger partial charge on any atom is -0.321 e. The van der Waals surface area contributed by atoms with Gasteiger partial charge < -0.3 is 5.73 Å². The van der Waals surface area contributed by atoms with Gasteiger partial charge in [-0.2, -0.15) is 0 Å². The van der Waals surface area contributed by atoms with Crippen LogP contribution in [0.4, 0.5) is 0 Å². The van der Waals surface area contributed by atoms with E-state index in [-0.39, 0.29) is 6.04 Å². The molecule has 0 fully saturated rings. The average Bonchev–Trinajstić information content (AvgIpc) is 2.33. The Morgan fingerprint density at radius 1 is 1.12 bits per heavy atom. The Morgan fingerprint density at radius 2 is 1.76 bits per heavy atom. The molecule has 2 aromatic rings. The van der Waals surface area contributed by atoms with E-state index >= 15 is 0 Å². The van der Waals surface area contributed by atoms with E-state index in [9.17, 15) is 0 Å². The Labute approximate surface area is 102 Å². The smallest absolute Gasteiger partial charge is 0.145 e. The molecule has 17 heavy (non-hydrogen) atoms. The van der Waals surface area contributed by atoms with Gasteiger partial charge in [-0.05, 0) is 37.0 Å². The number of nitrogens with zero attached hydrogens (tertiary/aromatic N) is 2. The minimum atomic E-state index is -0.142. The predicted molar refractivity (Wildman–Crippen MR) is 68.6 cm³/mol. The van der Waals surface area contributed by atoms with Crippen LogP contribution in [0.3, 0.4) is 0 Å². The maximum Gasteiger partial charge on any atom is 0.145 e. The van der Waals surface area contributed by atoms with Crippen molar-refractivity contribution in [3.63, 3.8) is 0 Å².